The van der Waals surface area contributed by atoms with E-state index in [9.17, 15) is 18.0 Å². The van der Waals surface area contributed by atoms with E-state index in [1.54, 1.807) is 4.90 Å². The third-order valence-electron chi connectivity index (χ3n) is 2.76. The average molecular weight is 239 g/mol. The minimum atomic E-state index is -4.09. The Labute approximate surface area is 92.5 Å². The number of carbonyl (C=O) groups is 1. The van der Waals surface area contributed by atoms with Crippen LogP contribution < -0.4 is 0 Å². The van der Waals surface area contributed by atoms with Crippen LogP contribution in [-0.2, 0) is 9.53 Å². The number of carbonyl (C=O) groups excluding carboxylic acids is 1. The minimum Gasteiger partial charge on any atom is -0.377 e. The third-order valence-corrected chi connectivity index (χ3v) is 2.76. The average Bonchev–Trinajstić information content (AvgIpc) is 2.17. The molecule has 3 nitrogen and oxygen atoms in total. The van der Waals surface area contributed by atoms with Gasteiger partial charge in [-0.1, -0.05) is 0 Å². The van der Waals surface area contributed by atoms with E-state index in [0.29, 0.717) is 13.1 Å². The number of alkyl halides is 3. The van der Waals surface area contributed by atoms with Crippen molar-refractivity contribution in [2.45, 2.75) is 19.0 Å². The highest BCUT2D eigenvalue weighted by molar-refractivity contribution is 5.81. The lowest BCUT2D eigenvalue weighted by Crippen LogP contribution is -2.41. The molecule has 1 aliphatic rings. The van der Waals surface area contributed by atoms with Crippen molar-refractivity contribution < 1.29 is 22.7 Å². The van der Waals surface area contributed by atoms with Gasteiger partial charge in [-0.15, -0.1) is 0 Å². The van der Waals surface area contributed by atoms with Crippen LogP contribution in [0.4, 0.5) is 13.2 Å². The van der Waals surface area contributed by atoms with Crippen LogP contribution in [0.3, 0.4) is 0 Å². The van der Waals surface area contributed by atoms with E-state index in [1.807, 2.05) is 0 Å². The molecule has 0 amide bonds. The summed E-state index contributed by atoms with van der Waals surface area (Å²) in [7, 11) is 1.42. The van der Waals surface area contributed by atoms with Crippen molar-refractivity contribution in [1.29, 1.82) is 0 Å². The van der Waals surface area contributed by atoms with Crippen molar-refractivity contribution in [2.24, 2.45) is 5.92 Å². The molecule has 0 aromatic heterocycles. The van der Waals surface area contributed by atoms with E-state index in [4.69, 9.17) is 0 Å². The molecule has 0 bridgehead atoms. The maximum Gasteiger partial charge on any atom is 0.391 e. The van der Waals surface area contributed by atoms with Crippen molar-refractivity contribution in [3.63, 3.8) is 0 Å². The van der Waals surface area contributed by atoms with Gasteiger partial charge in [0.2, 0.25) is 0 Å². The molecule has 1 saturated heterocycles. The molecule has 0 N–H and O–H groups in total. The number of ketones is 1. The van der Waals surface area contributed by atoms with Gasteiger partial charge in [-0.2, -0.15) is 13.2 Å². The van der Waals surface area contributed by atoms with E-state index in [-0.39, 0.29) is 31.8 Å². The number of likely N-dealkylation sites (tertiary alicyclic amines) is 1. The summed E-state index contributed by atoms with van der Waals surface area (Å²) in [5.74, 6) is -1.30. The number of hydrogen-bond donors (Lipinski definition) is 0. The lowest BCUT2D eigenvalue weighted by atomic mass is 9.96. The van der Waals surface area contributed by atoms with Crippen LogP contribution in [-0.4, -0.2) is 50.2 Å². The Bertz CT molecular complexity index is 235. The smallest absolute Gasteiger partial charge is 0.377 e. The van der Waals surface area contributed by atoms with E-state index in [2.05, 4.69) is 4.74 Å². The Balaban J connectivity index is 2.30. The fraction of sp³-hybridized carbons (Fsp3) is 0.900. The molecule has 1 rings (SSSR count). The summed E-state index contributed by atoms with van der Waals surface area (Å²) >= 11 is 0. The van der Waals surface area contributed by atoms with Crippen molar-refractivity contribution in [3.8, 4) is 0 Å². The summed E-state index contributed by atoms with van der Waals surface area (Å²) in [6, 6.07) is 0. The molecule has 0 unspecified atom stereocenters. The SMILES string of the molecule is COCC(=O)CN1CCC(C(F)(F)F)CC1. The summed E-state index contributed by atoms with van der Waals surface area (Å²) < 4.78 is 41.7. The van der Waals surface area contributed by atoms with Crippen molar-refractivity contribution in [3.05, 3.63) is 0 Å². The van der Waals surface area contributed by atoms with Crippen LogP contribution in [0.5, 0.6) is 0 Å². The molecular weight excluding hydrogens is 223 g/mol. The van der Waals surface area contributed by atoms with Gasteiger partial charge >= 0.3 is 6.18 Å². The van der Waals surface area contributed by atoms with Gasteiger partial charge in [0.15, 0.2) is 5.78 Å². The summed E-state index contributed by atoms with van der Waals surface area (Å²) in [4.78, 5) is 13.0. The maximum atomic E-state index is 12.3. The number of Topliss-reactive ketones (excluding diaryl/α,β-unsaturated/α-hetero) is 1. The minimum absolute atomic E-state index is 0.0270. The van der Waals surface area contributed by atoms with Crippen LogP contribution >= 0.6 is 0 Å². The Hall–Kier alpha value is -0.620. The Kier molecular flexibility index (Phi) is 4.73. The van der Waals surface area contributed by atoms with Gasteiger partial charge in [0.1, 0.15) is 6.61 Å². The second kappa shape index (κ2) is 5.63. The van der Waals surface area contributed by atoms with Crippen molar-refractivity contribution in [2.75, 3.05) is 33.4 Å². The Morgan fingerprint density at radius 1 is 1.38 bits per heavy atom. The third kappa shape index (κ3) is 4.09. The van der Waals surface area contributed by atoms with Gasteiger partial charge in [-0.05, 0) is 25.9 Å². The lowest BCUT2D eigenvalue weighted by Gasteiger charge is -2.32. The second-order valence-electron chi connectivity index (χ2n) is 4.06. The first kappa shape index (κ1) is 13.4. The standard InChI is InChI=1S/C10H16F3NO2/c1-16-7-9(15)6-14-4-2-8(3-5-14)10(11,12)13/h8H,2-7H2,1H3. The second-order valence-corrected chi connectivity index (χ2v) is 4.06. The molecule has 0 radical (unpaired) electrons. The summed E-state index contributed by atoms with van der Waals surface area (Å²) in [6.45, 7) is 0.886. The van der Waals surface area contributed by atoms with Crippen LogP contribution in [0.25, 0.3) is 0 Å². The number of nitrogens with zero attached hydrogens (tertiary/aromatic N) is 1. The Morgan fingerprint density at radius 3 is 2.38 bits per heavy atom. The lowest BCUT2D eigenvalue weighted by molar-refractivity contribution is -0.185. The molecule has 1 heterocycles. The molecule has 16 heavy (non-hydrogen) atoms. The van der Waals surface area contributed by atoms with E-state index in [1.165, 1.54) is 7.11 Å². The van der Waals surface area contributed by atoms with Crippen LogP contribution in [0.1, 0.15) is 12.8 Å². The van der Waals surface area contributed by atoms with Gasteiger partial charge in [-0.25, -0.2) is 0 Å². The Morgan fingerprint density at radius 2 is 1.94 bits per heavy atom. The summed E-state index contributed by atoms with van der Waals surface area (Å²) in [5.41, 5.74) is 0. The van der Waals surface area contributed by atoms with Gasteiger partial charge in [0.05, 0.1) is 12.5 Å². The van der Waals surface area contributed by atoms with Crippen LogP contribution in [0.15, 0.2) is 0 Å². The highest BCUT2D eigenvalue weighted by Gasteiger charge is 2.41. The number of halogens is 3. The predicted octanol–water partition coefficient (Wildman–Crippen LogP) is 1.48. The van der Waals surface area contributed by atoms with E-state index >= 15 is 0 Å². The monoisotopic (exact) mass is 239 g/mol. The molecule has 0 saturated carbocycles. The number of ether oxygens (including phenoxy) is 1. The molecule has 0 atom stereocenters. The molecule has 6 heteroatoms. The fourth-order valence-electron chi connectivity index (χ4n) is 1.87. The van der Waals surface area contributed by atoms with Gasteiger partial charge < -0.3 is 4.74 Å². The highest BCUT2D eigenvalue weighted by atomic mass is 19.4. The molecule has 94 valence electrons. The first-order valence-corrected chi connectivity index (χ1v) is 5.23. The summed E-state index contributed by atoms with van der Waals surface area (Å²) in [5, 5.41) is 0. The van der Waals surface area contributed by atoms with Crippen LogP contribution in [0, 0.1) is 5.92 Å². The molecule has 0 aromatic carbocycles. The number of rotatable bonds is 4. The molecule has 1 fully saturated rings. The molecular formula is C10H16F3NO2. The van der Waals surface area contributed by atoms with Gasteiger partial charge in [0.25, 0.3) is 0 Å². The zero-order valence-corrected chi connectivity index (χ0v) is 9.22. The van der Waals surface area contributed by atoms with Gasteiger partial charge in [0, 0.05) is 7.11 Å². The largest absolute Gasteiger partial charge is 0.391 e. The van der Waals surface area contributed by atoms with Crippen molar-refractivity contribution in [1.82, 2.24) is 4.90 Å². The van der Waals surface area contributed by atoms with Crippen LogP contribution in [0.2, 0.25) is 0 Å². The maximum absolute atomic E-state index is 12.3. The molecule has 0 aromatic rings. The quantitative estimate of drug-likeness (QED) is 0.744. The van der Waals surface area contributed by atoms with E-state index < -0.39 is 12.1 Å². The molecule has 1 aliphatic heterocycles. The predicted molar refractivity (Wildman–Crippen MR) is 52.1 cm³/mol. The number of piperidine rings is 1. The highest BCUT2D eigenvalue weighted by Crippen LogP contribution is 2.33. The van der Waals surface area contributed by atoms with E-state index in [0.717, 1.165) is 0 Å². The first-order valence-electron chi connectivity index (χ1n) is 5.23. The summed E-state index contributed by atoms with van der Waals surface area (Å²) in [6.07, 6.45) is -3.92. The topological polar surface area (TPSA) is 29.5 Å². The number of hydrogen-bond acceptors (Lipinski definition) is 3. The zero-order chi connectivity index (χ0) is 12.2. The molecule has 0 aliphatic carbocycles. The number of methoxy groups -OCH3 is 1. The van der Waals surface area contributed by atoms with Crippen molar-refractivity contribution >= 4 is 5.78 Å². The fourth-order valence-corrected chi connectivity index (χ4v) is 1.87. The van der Waals surface area contributed by atoms with Gasteiger partial charge in [-0.3, -0.25) is 9.69 Å². The zero-order valence-electron chi connectivity index (χ0n) is 9.22. The molecule has 0 spiro atoms. The first-order chi connectivity index (χ1) is 7.43. The normalized spacial score (nSPS) is 20.0.